The van der Waals surface area contributed by atoms with Crippen molar-refractivity contribution in [1.29, 1.82) is 0 Å². The third-order valence-electron chi connectivity index (χ3n) is 8.14. The predicted molar refractivity (Wildman–Crippen MR) is 135 cm³/mol. The minimum atomic E-state index is -1.21. The molecule has 1 saturated carbocycles. The van der Waals surface area contributed by atoms with E-state index in [-0.39, 0.29) is 23.0 Å². The van der Waals surface area contributed by atoms with Crippen molar-refractivity contribution in [3.8, 4) is 11.4 Å². The molecule has 0 bridgehead atoms. The van der Waals surface area contributed by atoms with Crippen LogP contribution in [0.15, 0.2) is 36.4 Å². The number of hydrogen-bond donors (Lipinski definition) is 1. The van der Waals surface area contributed by atoms with E-state index in [1.54, 1.807) is 15.9 Å². The molecule has 1 N–H and O–H groups in total. The Morgan fingerprint density at radius 3 is 2.42 bits per heavy atom. The van der Waals surface area contributed by atoms with E-state index in [0.29, 0.717) is 55.0 Å². The van der Waals surface area contributed by atoms with E-state index in [1.807, 2.05) is 24.3 Å². The SMILES string of the molecule is O=C(O)c1nn(-c2cc(F)c3c(c2)CCO3)c2c1C1(CC1)CN(c1ccc(N3CCCCC3=O)cc1)C2=O. The Morgan fingerprint density at radius 1 is 1.00 bits per heavy atom. The second-order valence-electron chi connectivity index (χ2n) is 10.5. The number of benzene rings is 2. The maximum Gasteiger partial charge on any atom is 0.356 e. The molecule has 38 heavy (non-hydrogen) atoms. The molecule has 1 saturated heterocycles. The number of amides is 2. The lowest BCUT2D eigenvalue weighted by molar-refractivity contribution is -0.119. The van der Waals surface area contributed by atoms with Crippen LogP contribution in [0.3, 0.4) is 0 Å². The van der Waals surface area contributed by atoms with Crippen molar-refractivity contribution < 1.29 is 28.6 Å². The van der Waals surface area contributed by atoms with Gasteiger partial charge in [-0.1, -0.05) is 0 Å². The van der Waals surface area contributed by atoms with E-state index in [2.05, 4.69) is 5.10 Å². The Morgan fingerprint density at radius 2 is 1.74 bits per heavy atom. The van der Waals surface area contributed by atoms with Crippen molar-refractivity contribution in [1.82, 2.24) is 9.78 Å². The molecular formula is C28H25FN4O5. The monoisotopic (exact) mass is 516 g/mol. The van der Waals surface area contributed by atoms with E-state index in [9.17, 15) is 23.9 Å². The molecule has 4 heterocycles. The highest BCUT2D eigenvalue weighted by molar-refractivity contribution is 6.10. The third kappa shape index (κ3) is 3.35. The van der Waals surface area contributed by atoms with Gasteiger partial charge in [0.1, 0.15) is 5.69 Å². The lowest BCUT2D eigenvalue weighted by Gasteiger charge is -2.34. The summed E-state index contributed by atoms with van der Waals surface area (Å²) >= 11 is 0. The number of carbonyl (C=O) groups excluding carboxylic acids is 2. The average molecular weight is 517 g/mol. The fraction of sp³-hybridized carbons (Fsp3) is 0.357. The minimum absolute atomic E-state index is 0.0942. The van der Waals surface area contributed by atoms with E-state index < -0.39 is 23.1 Å². The van der Waals surface area contributed by atoms with Gasteiger partial charge < -0.3 is 19.6 Å². The van der Waals surface area contributed by atoms with Gasteiger partial charge in [0.2, 0.25) is 5.91 Å². The topological polar surface area (TPSA) is 105 Å². The molecule has 2 fully saturated rings. The average Bonchev–Trinajstić information content (AvgIpc) is 3.31. The first-order valence-electron chi connectivity index (χ1n) is 12.9. The quantitative estimate of drug-likeness (QED) is 0.565. The molecule has 1 aliphatic carbocycles. The molecule has 0 radical (unpaired) electrons. The Balaban J connectivity index is 1.32. The number of fused-ring (bicyclic) bond motifs is 3. The zero-order chi connectivity index (χ0) is 26.2. The van der Waals surface area contributed by atoms with Gasteiger partial charge in [-0.15, -0.1) is 0 Å². The smallest absolute Gasteiger partial charge is 0.356 e. The molecule has 3 aliphatic heterocycles. The number of halogens is 1. The summed E-state index contributed by atoms with van der Waals surface area (Å²) in [6.45, 7) is 1.37. The third-order valence-corrected chi connectivity index (χ3v) is 8.14. The summed E-state index contributed by atoms with van der Waals surface area (Å²) in [7, 11) is 0. The van der Waals surface area contributed by atoms with Crippen molar-refractivity contribution in [2.24, 2.45) is 0 Å². The number of carbonyl (C=O) groups is 3. The van der Waals surface area contributed by atoms with Gasteiger partial charge >= 0.3 is 5.97 Å². The molecule has 0 unspecified atom stereocenters. The normalized spacial score (nSPS) is 19.4. The molecule has 2 amide bonds. The summed E-state index contributed by atoms with van der Waals surface area (Å²) in [6, 6.07) is 10.3. The fourth-order valence-electron chi connectivity index (χ4n) is 6.06. The van der Waals surface area contributed by atoms with Crippen molar-refractivity contribution in [2.75, 3.05) is 29.5 Å². The Labute approximate surface area is 217 Å². The Bertz CT molecular complexity index is 1520. The number of ether oxygens (including phenoxy) is 1. The number of hydrogen-bond acceptors (Lipinski definition) is 5. The zero-order valence-electron chi connectivity index (χ0n) is 20.6. The van der Waals surface area contributed by atoms with Crippen LogP contribution >= 0.6 is 0 Å². The Kier molecular flexibility index (Phi) is 4.92. The van der Waals surface area contributed by atoms with E-state index in [1.165, 1.54) is 10.7 Å². The van der Waals surface area contributed by atoms with Crippen LogP contribution in [0.4, 0.5) is 15.8 Å². The molecule has 1 spiro atoms. The molecular weight excluding hydrogens is 491 g/mol. The fourth-order valence-corrected chi connectivity index (χ4v) is 6.06. The van der Waals surface area contributed by atoms with Crippen LogP contribution in [0.2, 0.25) is 0 Å². The van der Waals surface area contributed by atoms with Crippen LogP contribution in [-0.4, -0.2) is 52.4 Å². The maximum atomic E-state index is 14.9. The van der Waals surface area contributed by atoms with Crippen molar-refractivity contribution in [2.45, 2.75) is 43.9 Å². The van der Waals surface area contributed by atoms with Crippen LogP contribution in [0.25, 0.3) is 5.69 Å². The second-order valence-corrected chi connectivity index (χ2v) is 10.5. The molecule has 0 atom stereocenters. The summed E-state index contributed by atoms with van der Waals surface area (Å²) in [5.41, 5.74) is 2.29. The number of carboxylic acid groups (broad SMARTS) is 1. The van der Waals surface area contributed by atoms with Gasteiger partial charge in [-0.25, -0.2) is 13.9 Å². The van der Waals surface area contributed by atoms with Crippen LogP contribution in [-0.2, 0) is 16.6 Å². The van der Waals surface area contributed by atoms with E-state index >= 15 is 0 Å². The number of anilines is 2. The first-order valence-corrected chi connectivity index (χ1v) is 12.9. The molecule has 7 rings (SSSR count). The van der Waals surface area contributed by atoms with Gasteiger partial charge in [0.25, 0.3) is 5.91 Å². The second kappa shape index (κ2) is 8.14. The van der Waals surface area contributed by atoms with Gasteiger partial charge in [-0.3, -0.25) is 9.59 Å². The number of carboxylic acids is 1. The number of rotatable bonds is 4. The van der Waals surface area contributed by atoms with Crippen LogP contribution in [0.1, 0.15) is 64.2 Å². The van der Waals surface area contributed by atoms with Gasteiger partial charge in [0, 0.05) is 59.9 Å². The maximum absolute atomic E-state index is 14.9. The lowest BCUT2D eigenvalue weighted by atomic mass is 9.88. The molecule has 9 nitrogen and oxygen atoms in total. The summed E-state index contributed by atoms with van der Waals surface area (Å²) in [5.74, 6) is -1.89. The number of aromatic carboxylic acids is 1. The van der Waals surface area contributed by atoms with Crippen LogP contribution in [0.5, 0.6) is 5.75 Å². The number of piperidine rings is 1. The highest BCUT2D eigenvalue weighted by atomic mass is 19.1. The highest BCUT2D eigenvalue weighted by Gasteiger charge is 2.56. The van der Waals surface area contributed by atoms with Gasteiger partial charge in [-0.05, 0) is 56.0 Å². The largest absolute Gasteiger partial charge is 0.490 e. The van der Waals surface area contributed by atoms with Crippen molar-refractivity contribution in [3.63, 3.8) is 0 Å². The molecule has 10 heteroatoms. The number of nitrogens with zero attached hydrogens (tertiary/aromatic N) is 4. The van der Waals surface area contributed by atoms with E-state index in [4.69, 9.17) is 4.74 Å². The molecule has 1 aromatic heterocycles. The lowest BCUT2D eigenvalue weighted by Crippen LogP contribution is -2.44. The van der Waals surface area contributed by atoms with Crippen molar-refractivity contribution in [3.05, 3.63) is 64.7 Å². The summed E-state index contributed by atoms with van der Waals surface area (Å²) in [6.07, 6.45) is 4.35. The first-order chi connectivity index (χ1) is 18.4. The molecule has 194 valence electrons. The summed E-state index contributed by atoms with van der Waals surface area (Å²) < 4.78 is 21.5. The standard InChI is InChI=1S/C28H25FN4O5/c29-20-14-19(13-16-8-12-38-25(16)20)33-24-22(23(30-33)27(36)37)28(9-10-28)15-32(26(24)35)18-6-4-17(5-7-18)31-11-2-1-3-21(31)34/h4-7,13-14H,1-3,8-12,15H2,(H,36,37). The number of aromatic nitrogens is 2. The molecule has 4 aliphatic rings. The van der Waals surface area contributed by atoms with E-state index in [0.717, 1.165) is 31.4 Å². The van der Waals surface area contributed by atoms with Gasteiger partial charge in [0.15, 0.2) is 17.3 Å². The van der Waals surface area contributed by atoms with Gasteiger partial charge in [-0.2, -0.15) is 5.10 Å². The summed E-state index contributed by atoms with van der Waals surface area (Å²) in [5, 5.41) is 14.3. The van der Waals surface area contributed by atoms with Crippen LogP contribution in [0, 0.1) is 5.82 Å². The summed E-state index contributed by atoms with van der Waals surface area (Å²) in [4.78, 5) is 42.0. The van der Waals surface area contributed by atoms with Gasteiger partial charge in [0.05, 0.1) is 12.3 Å². The highest BCUT2D eigenvalue weighted by Crippen LogP contribution is 2.54. The Hall–Kier alpha value is -4.21. The van der Waals surface area contributed by atoms with Crippen LogP contribution < -0.4 is 14.5 Å². The minimum Gasteiger partial charge on any atom is -0.490 e. The predicted octanol–water partition coefficient (Wildman–Crippen LogP) is 3.85. The zero-order valence-corrected chi connectivity index (χ0v) is 20.6. The van der Waals surface area contributed by atoms with Crippen molar-refractivity contribution >= 4 is 29.2 Å². The first kappa shape index (κ1) is 22.9. The molecule has 2 aromatic carbocycles. The molecule has 3 aromatic rings.